The molecular weight excluding hydrogens is 220 g/mol. The molecule has 6 nitrogen and oxygen atoms in total. The first kappa shape index (κ1) is 11.7. The van der Waals surface area contributed by atoms with Crippen LogP contribution in [0, 0.1) is 6.92 Å². The first-order valence-corrected chi connectivity index (χ1v) is 4.18. The van der Waals surface area contributed by atoms with Gasteiger partial charge in [-0.1, -0.05) is 5.16 Å². The van der Waals surface area contributed by atoms with Crippen molar-refractivity contribution in [1.29, 1.82) is 0 Å². The highest BCUT2D eigenvalue weighted by Gasteiger charge is 2.16. The number of halogens is 1. The van der Waals surface area contributed by atoms with Gasteiger partial charge in [0.1, 0.15) is 5.76 Å². The maximum Gasteiger partial charge on any atom is 0.280 e. The highest BCUT2D eigenvalue weighted by molar-refractivity contribution is 5.85. The molecule has 1 atom stereocenters. The fraction of sp³-hybridized carbons (Fsp3) is 0.375. The Kier molecular flexibility index (Phi) is 3.43. The summed E-state index contributed by atoms with van der Waals surface area (Å²) in [6.07, 6.45) is 1.33. The van der Waals surface area contributed by atoms with Crippen LogP contribution in [0.2, 0.25) is 0 Å². The van der Waals surface area contributed by atoms with Gasteiger partial charge in [0.05, 0.1) is 6.04 Å². The van der Waals surface area contributed by atoms with Crippen molar-refractivity contribution in [1.82, 2.24) is 15.1 Å². The smallest absolute Gasteiger partial charge is 0.280 e. The zero-order chi connectivity index (χ0) is 10.1. The molecule has 1 unspecified atom stereocenters. The number of nitrogens with two attached hydrogens (primary N) is 1. The number of aryl methyl sites for hydroxylation is 1. The van der Waals surface area contributed by atoms with Gasteiger partial charge in [-0.15, -0.1) is 12.4 Å². The summed E-state index contributed by atoms with van der Waals surface area (Å²) in [4.78, 5) is 8.04. The quantitative estimate of drug-likeness (QED) is 0.840. The van der Waals surface area contributed by atoms with Crippen LogP contribution < -0.4 is 5.73 Å². The molecule has 0 amide bonds. The van der Waals surface area contributed by atoms with Crippen LogP contribution in [0.5, 0.6) is 0 Å². The van der Waals surface area contributed by atoms with Gasteiger partial charge in [0.25, 0.3) is 5.89 Å². The fourth-order valence-corrected chi connectivity index (χ4v) is 1.03. The van der Waals surface area contributed by atoms with E-state index in [-0.39, 0.29) is 18.4 Å². The van der Waals surface area contributed by atoms with E-state index in [9.17, 15) is 0 Å². The number of oxazole rings is 1. The summed E-state index contributed by atoms with van der Waals surface area (Å²) in [5, 5.41) is 3.72. The lowest BCUT2D eigenvalue weighted by Gasteiger charge is -1.92. The molecular formula is C8H11ClN4O2. The summed E-state index contributed by atoms with van der Waals surface area (Å²) < 4.78 is 10.0. The van der Waals surface area contributed by atoms with Crippen molar-refractivity contribution in [2.24, 2.45) is 5.73 Å². The van der Waals surface area contributed by atoms with E-state index >= 15 is 0 Å². The Labute approximate surface area is 92.3 Å². The lowest BCUT2D eigenvalue weighted by atomic mass is 10.3. The first-order chi connectivity index (χ1) is 6.68. The van der Waals surface area contributed by atoms with Gasteiger partial charge >= 0.3 is 0 Å². The molecule has 0 radical (unpaired) electrons. The van der Waals surface area contributed by atoms with Crippen LogP contribution in [0.3, 0.4) is 0 Å². The summed E-state index contributed by atoms with van der Waals surface area (Å²) in [6, 6.07) is -0.250. The van der Waals surface area contributed by atoms with Crippen molar-refractivity contribution >= 4 is 12.4 Å². The maximum absolute atomic E-state index is 5.59. The monoisotopic (exact) mass is 230 g/mol. The van der Waals surface area contributed by atoms with E-state index < -0.39 is 0 Å². The minimum atomic E-state index is -0.250. The molecule has 7 heteroatoms. The number of aromatic nitrogens is 3. The molecule has 2 aromatic heterocycles. The van der Waals surface area contributed by atoms with E-state index in [4.69, 9.17) is 14.7 Å². The first-order valence-electron chi connectivity index (χ1n) is 4.18. The third-order valence-electron chi connectivity index (χ3n) is 1.80. The molecule has 0 aromatic carbocycles. The molecule has 15 heavy (non-hydrogen) atoms. The van der Waals surface area contributed by atoms with E-state index in [0.717, 1.165) is 0 Å². The second-order valence-electron chi connectivity index (χ2n) is 3.00. The van der Waals surface area contributed by atoms with Crippen molar-refractivity contribution in [3.63, 3.8) is 0 Å². The van der Waals surface area contributed by atoms with Gasteiger partial charge < -0.3 is 14.7 Å². The molecule has 2 aromatic rings. The summed E-state index contributed by atoms with van der Waals surface area (Å²) in [7, 11) is 0. The lowest BCUT2D eigenvalue weighted by molar-refractivity contribution is 0.416. The molecule has 0 saturated carbocycles. The zero-order valence-corrected chi connectivity index (χ0v) is 9.11. The molecule has 2 heterocycles. The molecule has 0 bridgehead atoms. The van der Waals surface area contributed by atoms with Crippen molar-refractivity contribution in [2.45, 2.75) is 19.9 Å². The average Bonchev–Trinajstić information content (AvgIpc) is 2.71. The average molecular weight is 231 g/mol. The van der Waals surface area contributed by atoms with Crippen LogP contribution in [0.4, 0.5) is 0 Å². The van der Waals surface area contributed by atoms with E-state index in [1.54, 1.807) is 13.8 Å². The van der Waals surface area contributed by atoms with Crippen LogP contribution in [-0.2, 0) is 0 Å². The summed E-state index contributed by atoms with van der Waals surface area (Å²) >= 11 is 0. The largest absolute Gasteiger partial charge is 0.448 e. The number of nitrogens with zero attached hydrogens (tertiary/aromatic N) is 3. The number of hydrogen-bond donors (Lipinski definition) is 1. The Balaban J connectivity index is 0.00000112. The maximum atomic E-state index is 5.59. The van der Waals surface area contributed by atoms with E-state index in [1.807, 2.05) is 0 Å². The molecule has 0 fully saturated rings. The molecule has 82 valence electrons. The molecule has 2 N–H and O–H groups in total. The molecule has 2 rings (SSSR count). The third-order valence-corrected chi connectivity index (χ3v) is 1.80. The second-order valence-corrected chi connectivity index (χ2v) is 3.00. The third kappa shape index (κ3) is 2.16. The molecule has 0 spiro atoms. The normalized spacial score (nSPS) is 12.2. The van der Waals surface area contributed by atoms with Gasteiger partial charge in [-0.25, -0.2) is 4.98 Å². The number of hydrogen-bond acceptors (Lipinski definition) is 6. The Hall–Kier alpha value is -1.40. The summed E-state index contributed by atoms with van der Waals surface area (Å²) in [5.74, 6) is 1.44. The predicted molar refractivity (Wildman–Crippen MR) is 54.4 cm³/mol. The Morgan fingerprint density at radius 3 is 2.67 bits per heavy atom. The van der Waals surface area contributed by atoms with Crippen LogP contribution in [-0.4, -0.2) is 15.1 Å². The molecule has 0 saturated heterocycles. The van der Waals surface area contributed by atoms with Gasteiger partial charge in [-0.3, -0.25) is 0 Å². The van der Waals surface area contributed by atoms with E-state index in [1.165, 1.54) is 6.39 Å². The van der Waals surface area contributed by atoms with Gasteiger partial charge in [0.15, 0.2) is 17.9 Å². The van der Waals surface area contributed by atoms with Crippen LogP contribution in [0.1, 0.15) is 24.6 Å². The van der Waals surface area contributed by atoms with Gasteiger partial charge in [0.2, 0.25) is 0 Å². The van der Waals surface area contributed by atoms with Crippen LogP contribution in [0.15, 0.2) is 15.3 Å². The minimum Gasteiger partial charge on any atom is -0.448 e. The van der Waals surface area contributed by atoms with Crippen molar-refractivity contribution in [2.75, 3.05) is 0 Å². The highest BCUT2D eigenvalue weighted by Crippen LogP contribution is 2.20. The zero-order valence-electron chi connectivity index (χ0n) is 8.30. The second kappa shape index (κ2) is 4.41. The Bertz CT molecular complexity index is 437. The van der Waals surface area contributed by atoms with Gasteiger partial charge in [0, 0.05) is 0 Å². The lowest BCUT2D eigenvalue weighted by Crippen LogP contribution is -2.06. The van der Waals surface area contributed by atoms with Crippen LogP contribution >= 0.6 is 12.4 Å². The van der Waals surface area contributed by atoms with Gasteiger partial charge in [-0.05, 0) is 13.8 Å². The fourth-order valence-electron chi connectivity index (χ4n) is 1.03. The van der Waals surface area contributed by atoms with Crippen molar-refractivity contribution < 1.29 is 8.94 Å². The van der Waals surface area contributed by atoms with Gasteiger partial charge in [-0.2, -0.15) is 4.98 Å². The summed E-state index contributed by atoms with van der Waals surface area (Å²) in [6.45, 7) is 3.56. The summed E-state index contributed by atoms with van der Waals surface area (Å²) in [5.41, 5.74) is 6.15. The Morgan fingerprint density at radius 1 is 1.47 bits per heavy atom. The molecule has 0 aliphatic carbocycles. The SMILES string of the molecule is Cc1ocnc1-c1nc(C(C)N)no1.Cl. The van der Waals surface area contributed by atoms with Crippen molar-refractivity contribution in [3.8, 4) is 11.6 Å². The highest BCUT2D eigenvalue weighted by atomic mass is 35.5. The number of rotatable bonds is 2. The minimum absolute atomic E-state index is 0. The molecule has 0 aliphatic rings. The topological polar surface area (TPSA) is 91.0 Å². The van der Waals surface area contributed by atoms with Crippen LogP contribution in [0.25, 0.3) is 11.6 Å². The standard InChI is InChI=1S/C8H10N4O2.ClH/c1-4(9)7-11-8(14-12-7)6-5(2)13-3-10-6;/h3-4H,9H2,1-2H3;1H. The van der Waals surface area contributed by atoms with Crippen molar-refractivity contribution in [3.05, 3.63) is 18.0 Å². The van der Waals surface area contributed by atoms with E-state index in [0.29, 0.717) is 23.2 Å². The molecule has 0 aliphatic heterocycles. The van der Waals surface area contributed by atoms with E-state index in [2.05, 4.69) is 15.1 Å². The Morgan fingerprint density at radius 2 is 2.20 bits per heavy atom. The predicted octanol–water partition coefficient (Wildman–Crippen LogP) is 1.47.